The lowest BCUT2D eigenvalue weighted by Gasteiger charge is -2.16. The van der Waals surface area contributed by atoms with Crippen LogP contribution in [0.2, 0.25) is 0 Å². The summed E-state index contributed by atoms with van der Waals surface area (Å²) < 4.78 is 1.88. The highest BCUT2D eigenvalue weighted by molar-refractivity contribution is 5.94. The average Bonchev–Trinajstić information content (AvgIpc) is 2.83. The zero-order chi connectivity index (χ0) is 13.8. The molecule has 0 saturated carbocycles. The molecule has 5 heteroatoms. The van der Waals surface area contributed by atoms with Crippen molar-refractivity contribution in [2.24, 2.45) is 7.05 Å². The first kappa shape index (κ1) is 12.8. The van der Waals surface area contributed by atoms with E-state index in [0.717, 1.165) is 5.82 Å². The summed E-state index contributed by atoms with van der Waals surface area (Å²) >= 11 is 0. The summed E-state index contributed by atoms with van der Waals surface area (Å²) in [5.41, 5.74) is 1.11. The molecule has 0 radical (unpaired) electrons. The Hall–Kier alpha value is -2.61. The largest absolute Gasteiger partial charge is 0.337 e. The van der Waals surface area contributed by atoms with E-state index in [9.17, 15) is 4.79 Å². The number of aromatic nitrogens is 2. The summed E-state index contributed by atoms with van der Waals surface area (Å²) in [4.78, 5) is 18.0. The first-order valence-electron chi connectivity index (χ1n) is 5.83. The van der Waals surface area contributed by atoms with E-state index in [1.165, 1.54) is 0 Å². The fraction of sp³-hybridized carbons (Fsp3) is 0.214. The average molecular weight is 254 g/mol. The Kier molecular flexibility index (Phi) is 3.62. The number of nitrogens with zero attached hydrogens (tertiary/aromatic N) is 4. The van der Waals surface area contributed by atoms with Gasteiger partial charge in [0, 0.05) is 32.1 Å². The summed E-state index contributed by atoms with van der Waals surface area (Å²) in [6, 6.07) is 8.63. The van der Waals surface area contributed by atoms with Crippen molar-refractivity contribution in [2.75, 3.05) is 7.05 Å². The van der Waals surface area contributed by atoms with Crippen molar-refractivity contribution in [3.63, 3.8) is 0 Å². The number of carbonyl (C=O) groups is 1. The van der Waals surface area contributed by atoms with Crippen LogP contribution in [0.15, 0.2) is 36.7 Å². The van der Waals surface area contributed by atoms with Gasteiger partial charge < -0.3 is 9.47 Å². The van der Waals surface area contributed by atoms with Crippen molar-refractivity contribution in [1.82, 2.24) is 14.5 Å². The molecule has 19 heavy (non-hydrogen) atoms. The number of aryl methyl sites for hydroxylation is 1. The smallest absolute Gasteiger partial charge is 0.254 e. The number of rotatable bonds is 3. The summed E-state index contributed by atoms with van der Waals surface area (Å²) in [6.45, 7) is 0.447. The van der Waals surface area contributed by atoms with Gasteiger partial charge in [0.1, 0.15) is 5.82 Å². The van der Waals surface area contributed by atoms with E-state index in [2.05, 4.69) is 4.98 Å². The van der Waals surface area contributed by atoms with Crippen molar-refractivity contribution < 1.29 is 4.79 Å². The van der Waals surface area contributed by atoms with Crippen LogP contribution < -0.4 is 0 Å². The lowest BCUT2D eigenvalue weighted by molar-refractivity contribution is 0.0780. The number of imidazole rings is 1. The minimum Gasteiger partial charge on any atom is -0.337 e. The quantitative estimate of drug-likeness (QED) is 0.835. The normalized spacial score (nSPS) is 9.95. The number of benzene rings is 1. The van der Waals surface area contributed by atoms with Crippen LogP contribution in [-0.4, -0.2) is 27.4 Å². The van der Waals surface area contributed by atoms with E-state index in [-0.39, 0.29) is 5.91 Å². The number of hydrogen-bond acceptors (Lipinski definition) is 3. The molecular formula is C14H14N4O. The Morgan fingerprint density at radius 1 is 1.42 bits per heavy atom. The molecule has 2 rings (SSSR count). The molecule has 0 fully saturated rings. The maximum Gasteiger partial charge on any atom is 0.254 e. The van der Waals surface area contributed by atoms with Gasteiger partial charge in [0.25, 0.3) is 5.91 Å². The monoisotopic (exact) mass is 254 g/mol. The molecular weight excluding hydrogens is 240 g/mol. The van der Waals surface area contributed by atoms with Crippen LogP contribution in [0.3, 0.4) is 0 Å². The molecule has 0 atom stereocenters. The van der Waals surface area contributed by atoms with Crippen molar-refractivity contribution >= 4 is 5.91 Å². The van der Waals surface area contributed by atoms with E-state index in [1.807, 2.05) is 23.9 Å². The SMILES string of the molecule is CN(Cc1nccn1C)C(=O)c1ccc(C#N)cc1. The van der Waals surface area contributed by atoms with Crippen LogP contribution in [0.25, 0.3) is 0 Å². The Morgan fingerprint density at radius 2 is 2.11 bits per heavy atom. The molecule has 0 aliphatic carbocycles. The molecule has 2 aromatic rings. The third-order valence-electron chi connectivity index (χ3n) is 2.91. The first-order valence-corrected chi connectivity index (χ1v) is 5.83. The van der Waals surface area contributed by atoms with Crippen molar-refractivity contribution in [3.05, 3.63) is 53.6 Å². The minimum atomic E-state index is -0.0903. The third kappa shape index (κ3) is 2.80. The lowest BCUT2D eigenvalue weighted by Crippen LogP contribution is -2.27. The summed E-state index contributed by atoms with van der Waals surface area (Å²) in [5, 5.41) is 8.72. The molecule has 1 heterocycles. The topological polar surface area (TPSA) is 61.9 Å². The second kappa shape index (κ2) is 5.36. The van der Waals surface area contributed by atoms with Crippen LogP contribution in [0, 0.1) is 11.3 Å². The molecule has 0 bridgehead atoms. The molecule has 0 N–H and O–H groups in total. The Balaban J connectivity index is 2.10. The van der Waals surface area contributed by atoms with Gasteiger partial charge in [0.15, 0.2) is 0 Å². The number of hydrogen-bond donors (Lipinski definition) is 0. The standard InChI is InChI=1S/C14H14N4O/c1-17-8-7-16-13(17)10-18(2)14(19)12-5-3-11(9-15)4-6-12/h3-8H,10H2,1-2H3. The molecule has 0 unspecified atom stereocenters. The highest BCUT2D eigenvalue weighted by Crippen LogP contribution is 2.08. The second-order valence-electron chi connectivity index (χ2n) is 4.30. The number of carbonyl (C=O) groups excluding carboxylic acids is 1. The first-order chi connectivity index (χ1) is 9.11. The van der Waals surface area contributed by atoms with E-state index < -0.39 is 0 Å². The predicted octanol–water partition coefficient (Wildman–Crippen LogP) is 1.56. The zero-order valence-electron chi connectivity index (χ0n) is 10.9. The van der Waals surface area contributed by atoms with Crippen LogP contribution in [0.5, 0.6) is 0 Å². The van der Waals surface area contributed by atoms with E-state index in [0.29, 0.717) is 17.7 Å². The molecule has 0 spiro atoms. The lowest BCUT2D eigenvalue weighted by atomic mass is 10.1. The van der Waals surface area contributed by atoms with Crippen LogP contribution >= 0.6 is 0 Å². The molecule has 0 aliphatic heterocycles. The van der Waals surface area contributed by atoms with Crippen LogP contribution in [0.4, 0.5) is 0 Å². The summed E-state index contributed by atoms with van der Waals surface area (Å²) in [6.07, 6.45) is 3.55. The van der Waals surface area contributed by atoms with Gasteiger partial charge in [0.05, 0.1) is 18.2 Å². The van der Waals surface area contributed by atoms with Gasteiger partial charge in [-0.2, -0.15) is 5.26 Å². The zero-order valence-corrected chi connectivity index (χ0v) is 10.9. The van der Waals surface area contributed by atoms with Crippen LogP contribution in [-0.2, 0) is 13.6 Å². The molecule has 1 aromatic heterocycles. The third-order valence-corrected chi connectivity index (χ3v) is 2.91. The Morgan fingerprint density at radius 3 is 2.63 bits per heavy atom. The van der Waals surface area contributed by atoms with E-state index in [4.69, 9.17) is 5.26 Å². The summed E-state index contributed by atoms with van der Waals surface area (Å²) in [5.74, 6) is 0.733. The van der Waals surface area contributed by atoms with Gasteiger partial charge in [-0.3, -0.25) is 4.79 Å². The van der Waals surface area contributed by atoms with Crippen molar-refractivity contribution in [3.8, 4) is 6.07 Å². The Bertz CT molecular complexity index is 622. The molecule has 96 valence electrons. The van der Waals surface area contributed by atoms with Gasteiger partial charge >= 0.3 is 0 Å². The molecule has 0 saturated heterocycles. The highest BCUT2D eigenvalue weighted by atomic mass is 16.2. The van der Waals surface area contributed by atoms with E-state index >= 15 is 0 Å². The summed E-state index contributed by atoms with van der Waals surface area (Å²) in [7, 11) is 3.62. The fourth-order valence-corrected chi connectivity index (χ4v) is 1.74. The minimum absolute atomic E-state index is 0.0903. The fourth-order valence-electron chi connectivity index (χ4n) is 1.74. The van der Waals surface area contributed by atoms with Gasteiger partial charge in [-0.25, -0.2) is 4.98 Å². The Labute approximate surface area is 111 Å². The molecule has 5 nitrogen and oxygen atoms in total. The second-order valence-corrected chi connectivity index (χ2v) is 4.30. The number of amides is 1. The predicted molar refractivity (Wildman–Crippen MR) is 70.2 cm³/mol. The number of nitriles is 1. The maximum atomic E-state index is 12.2. The van der Waals surface area contributed by atoms with E-state index in [1.54, 1.807) is 42.4 Å². The van der Waals surface area contributed by atoms with Crippen molar-refractivity contribution in [2.45, 2.75) is 6.54 Å². The van der Waals surface area contributed by atoms with Gasteiger partial charge in [-0.1, -0.05) is 0 Å². The van der Waals surface area contributed by atoms with Gasteiger partial charge in [0.2, 0.25) is 0 Å². The molecule has 1 amide bonds. The highest BCUT2D eigenvalue weighted by Gasteiger charge is 2.13. The van der Waals surface area contributed by atoms with Crippen molar-refractivity contribution in [1.29, 1.82) is 5.26 Å². The maximum absolute atomic E-state index is 12.2. The molecule has 0 aliphatic rings. The van der Waals surface area contributed by atoms with Gasteiger partial charge in [-0.15, -0.1) is 0 Å². The van der Waals surface area contributed by atoms with Gasteiger partial charge in [-0.05, 0) is 24.3 Å². The van der Waals surface area contributed by atoms with Crippen LogP contribution in [0.1, 0.15) is 21.7 Å². The molecule has 1 aromatic carbocycles.